The molecule has 1 aliphatic heterocycles. The number of halogens is 1. The van der Waals surface area contributed by atoms with Crippen LogP contribution in [-0.4, -0.2) is 36.0 Å². The number of hydrogen-bond acceptors (Lipinski definition) is 5. The zero-order chi connectivity index (χ0) is 18.8. The summed E-state index contributed by atoms with van der Waals surface area (Å²) in [7, 11) is 0. The third kappa shape index (κ3) is 3.78. The van der Waals surface area contributed by atoms with Crippen LogP contribution in [0.25, 0.3) is 0 Å². The molecule has 0 atom stereocenters. The van der Waals surface area contributed by atoms with Crippen LogP contribution in [0.3, 0.4) is 0 Å². The Kier molecular flexibility index (Phi) is 4.81. The SMILES string of the molecule is Cc1ccc(C(=O)O)cc1NC(=O)CN1CC(=O)Oc2ccc(Cl)cc21. The minimum absolute atomic E-state index is 0.0737. The third-order valence-corrected chi connectivity index (χ3v) is 4.13. The number of aryl methyl sites for hydroxylation is 1. The summed E-state index contributed by atoms with van der Waals surface area (Å²) in [4.78, 5) is 36.8. The van der Waals surface area contributed by atoms with Gasteiger partial charge >= 0.3 is 11.9 Å². The van der Waals surface area contributed by atoms with E-state index in [2.05, 4.69) is 5.32 Å². The van der Waals surface area contributed by atoms with Gasteiger partial charge in [0.15, 0.2) is 5.75 Å². The number of nitrogens with one attached hydrogen (secondary N) is 1. The molecule has 0 saturated heterocycles. The molecule has 8 heteroatoms. The van der Waals surface area contributed by atoms with Crippen LogP contribution in [0, 0.1) is 6.92 Å². The number of carboxylic acid groups (broad SMARTS) is 1. The summed E-state index contributed by atoms with van der Waals surface area (Å²) in [5, 5.41) is 12.2. The highest BCUT2D eigenvalue weighted by Gasteiger charge is 2.26. The molecule has 1 amide bonds. The number of esters is 1. The van der Waals surface area contributed by atoms with Crippen LogP contribution in [0.2, 0.25) is 5.02 Å². The zero-order valence-corrected chi connectivity index (χ0v) is 14.5. The van der Waals surface area contributed by atoms with E-state index in [1.807, 2.05) is 0 Å². The number of ether oxygens (including phenoxy) is 1. The van der Waals surface area contributed by atoms with E-state index >= 15 is 0 Å². The number of carboxylic acids is 1. The van der Waals surface area contributed by atoms with Gasteiger partial charge in [0, 0.05) is 10.7 Å². The molecule has 0 radical (unpaired) electrons. The van der Waals surface area contributed by atoms with Crippen LogP contribution in [0.5, 0.6) is 5.75 Å². The van der Waals surface area contributed by atoms with Crippen LogP contribution in [-0.2, 0) is 9.59 Å². The van der Waals surface area contributed by atoms with Gasteiger partial charge in [-0.3, -0.25) is 4.79 Å². The molecular formula is C18H15ClN2O5. The minimum atomic E-state index is -1.08. The lowest BCUT2D eigenvalue weighted by Gasteiger charge is -2.29. The van der Waals surface area contributed by atoms with E-state index in [0.717, 1.165) is 5.56 Å². The van der Waals surface area contributed by atoms with Gasteiger partial charge in [-0.15, -0.1) is 0 Å². The van der Waals surface area contributed by atoms with Crippen LogP contribution in [0.4, 0.5) is 11.4 Å². The molecule has 0 saturated carbocycles. The highest BCUT2D eigenvalue weighted by atomic mass is 35.5. The molecule has 134 valence electrons. The average molecular weight is 375 g/mol. The lowest BCUT2D eigenvalue weighted by molar-refractivity contribution is -0.133. The molecular weight excluding hydrogens is 360 g/mol. The van der Waals surface area contributed by atoms with Gasteiger partial charge in [-0.25, -0.2) is 9.59 Å². The Morgan fingerprint density at radius 3 is 2.77 bits per heavy atom. The highest BCUT2D eigenvalue weighted by Crippen LogP contribution is 2.34. The summed E-state index contributed by atoms with van der Waals surface area (Å²) in [6, 6.07) is 9.26. The second-order valence-corrected chi connectivity index (χ2v) is 6.26. The van der Waals surface area contributed by atoms with Gasteiger partial charge in [0.25, 0.3) is 0 Å². The molecule has 0 fully saturated rings. The van der Waals surface area contributed by atoms with E-state index in [0.29, 0.717) is 22.1 Å². The fourth-order valence-electron chi connectivity index (χ4n) is 2.61. The molecule has 26 heavy (non-hydrogen) atoms. The predicted molar refractivity (Wildman–Crippen MR) is 96.1 cm³/mol. The maximum atomic E-state index is 12.4. The normalized spacial score (nSPS) is 13.0. The Balaban J connectivity index is 1.79. The zero-order valence-electron chi connectivity index (χ0n) is 13.8. The number of benzene rings is 2. The van der Waals surface area contributed by atoms with Crippen molar-refractivity contribution in [1.29, 1.82) is 0 Å². The van der Waals surface area contributed by atoms with Gasteiger partial charge < -0.3 is 20.1 Å². The molecule has 1 heterocycles. The molecule has 0 bridgehead atoms. The number of rotatable bonds is 4. The van der Waals surface area contributed by atoms with Crippen molar-refractivity contribution < 1.29 is 24.2 Å². The number of hydrogen-bond donors (Lipinski definition) is 2. The predicted octanol–water partition coefficient (Wildman–Crippen LogP) is 2.71. The standard InChI is InChI=1S/C18H15ClN2O5/c1-10-2-3-11(18(24)25)6-13(10)20-16(22)8-21-9-17(23)26-15-5-4-12(19)7-14(15)21/h2-7H,8-9H2,1H3,(H,20,22)(H,24,25). The first-order chi connectivity index (χ1) is 12.3. The first kappa shape index (κ1) is 17.8. The summed E-state index contributed by atoms with van der Waals surface area (Å²) in [6.07, 6.45) is 0. The molecule has 2 aromatic rings. The molecule has 0 aliphatic carbocycles. The number of fused-ring (bicyclic) bond motifs is 1. The summed E-state index contributed by atoms with van der Waals surface area (Å²) >= 11 is 5.99. The fraction of sp³-hybridized carbons (Fsp3) is 0.167. The summed E-state index contributed by atoms with van der Waals surface area (Å²) in [5.74, 6) is -1.61. The maximum absolute atomic E-state index is 12.4. The van der Waals surface area contributed by atoms with E-state index in [9.17, 15) is 14.4 Å². The van der Waals surface area contributed by atoms with Crippen molar-refractivity contribution in [2.24, 2.45) is 0 Å². The topological polar surface area (TPSA) is 95.9 Å². The number of carbonyl (C=O) groups excluding carboxylic acids is 2. The smallest absolute Gasteiger partial charge is 0.335 e. The molecule has 2 aromatic carbocycles. The van der Waals surface area contributed by atoms with Crippen molar-refractivity contribution in [3.8, 4) is 5.75 Å². The van der Waals surface area contributed by atoms with E-state index < -0.39 is 17.8 Å². The molecule has 0 spiro atoms. The van der Waals surface area contributed by atoms with Gasteiger partial charge in [-0.1, -0.05) is 17.7 Å². The molecule has 2 N–H and O–H groups in total. The van der Waals surface area contributed by atoms with Gasteiger partial charge in [0.1, 0.15) is 6.54 Å². The van der Waals surface area contributed by atoms with Gasteiger partial charge in [-0.2, -0.15) is 0 Å². The summed E-state index contributed by atoms with van der Waals surface area (Å²) in [5.41, 5.74) is 1.75. The van der Waals surface area contributed by atoms with Crippen LogP contribution in [0.15, 0.2) is 36.4 Å². The number of amides is 1. The second kappa shape index (κ2) is 7.05. The molecule has 7 nitrogen and oxygen atoms in total. The number of aromatic carboxylic acids is 1. The van der Waals surface area contributed by atoms with Crippen molar-refractivity contribution in [2.75, 3.05) is 23.3 Å². The van der Waals surface area contributed by atoms with Crippen molar-refractivity contribution in [2.45, 2.75) is 6.92 Å². The quantitative estimate of drug-likeness (QED) is 0.631. The van der Waals surface area contributed by atoms with E-state index in [1.165, 1.54) is 12.1 Å². The van der Waals surface area contributed by atoms with Gasteiger partial charge in [-0.05, 0) is 42.8 Å². The van der Waals surface area contributed by atoms with Gasteiger partial charge in [0.2, 0.25) is 5.91 Å². The average Bonchev–Trinajstić information content (AvgIpc) is 2.57. The van der Waals surface area contributed by atoms with Gasteiger partial charge in [0.05, 0.1) is 17.8 Å². The van der Waals surface area contributed by atoms with Crippen molar-refractivity contribution in [3.05, 3.63) is 52.5 Å². The molecule has 0 aromatic heterocycles. The largest absolute Gasteiger partial charge is 0.478 e. The van der Waals surface area contributed by atoms with Crippen LogP contribution >= 0.6 is 11.6 Å². The third-order valence-electron chi connectivity index (χ3n) is 3.90. The lowest BCUT2D eigenvalue weighted by Crippen LogP contribution is -2.41. The van der Waals surface area contributed by atoms with Crippen molar-refractivity contribution >= 4 is 40.8 Å². The first-order valence-corrected chi connectivity index (χ1v) is 8.10. The Morgan fingerprint density at radius 1 is 1.27 bits per heavy atom. The molecule has 0 unspecified atom stereocenters. The second-order valence-electron chi connectivity index (χ2n) is 5.83. The Hall–Kier alpha value is -3.06. The lowest BCUT2D eigenvalue weighted by atomic mass is 10.1. The van der Waals surface area contributed by atoms with Crippen LogP contribution in [0.1, 0.15) is 15.9 Å². The highest BCUT2D eigenvalue weighted by molar-refractivity contribution is 6.31. The van der Waals surface area contributed by atoms with E-state index in [1.54, 1.807) is 36.1 Å². The van der Waals surface area contributed by atoms with E-state index in [-0.39, 0.29) is 18.7 Å². The summed E-state index contributed by atoms with van der Waals surface area (Å²) in [6.45, 7) is 1.56. The monoisotopic (exact) mass is 374 g/mol. The molecule has 3 rings (SSSR count). The van der Waals surface area contributed by atoms with Crippen molar-refractivity contribution in [1.82, 2.24) is 0 Å². The van der Waals surface area contributed by atoms with E-state index in [4.69, 9.17) is 21.4 Å². The van der Waals surface area contributed by atoms with Crippen molar-refractivity contribution in [3.63, 3.8) is 0 Å². The Bertz CT molecular complexity index is 912. The summed E-state index contributed by atoms with van der Waals surface area (Å²) < 4.78 is 5.14. The Labute approximate surface area is 154 Å². The maximum Gasteiger partial charge on any atom is 0.335 e. The number of anilines is 2. The van der Waals surface area contributed by atoms with Crippen LogP contribution < -0.4 is 15.0 Å². The Morgan fingerprint density at radius 2 is 2.04 bits per heavy atom. The number of nitrogens with zero attached hydrogens (tertiary/aromatic N) is 1. The first-order valence-electron chi connectivity index (χ1n) is 7.72. The molecule has 1 aliphatic rings. The minimum Gasteiger partial charge on any atom is -0.478 e. The number of carbonyl (C=O) groups is 3. The fourth-order valence-corrected chi connectivity index (χ4v) is 2.78.